The van der Waals surface area contributed by atoms with Gasteiger partial charge in [-0.15, -0.1) is 0 Å². The number of aldehydes is 1. The van der Waals surface area contributed by atoms with Gasteiger partial charge in [-0.05, 0) is 36.1 Å². The van der Waals surface area contributed by atoms with Gasteiger partial charge in [0.1, 0.15) is 6.29 Å². The van der Waals surface area contributed by atoms with Gasteiger partial charge in [0.2, 0.25) is 0 Å². The Bertz CT molecular complexity index is 329. The molecule has 0 saturated carbocycles. The molecule has 0 saturated heterocycles. The van der Waals surface area contributed by atoms with E-state index in [1.165, 1.54) is 0 Å². The minimum absolute atomic E-state index is 0.400. The van der Waals surface area contributed by atoms with Crippen molar-refractivity contribution in [3.8, 4) is 0 Å². The summed E-state index contributed by atoms with van der Waals surface area (Å²) >= 11 is 5.89. The molecule has 0 spiro atoms. The van der Waals surface area contributed by atoms with Gasteiger partial charge < -0.3 is 0 Å². The van der Waals surface area contributed by atoms with Crippen LogP contribution in [-0.4, -0.2) is 6.29 Å². The molecule has 2 heteroatoms. The van der Waals surface area contributed by atoms with E-state index >= 15 is 0 Å². The Morgan fingerprint density at radius 2 is 2.00 bits per heavy atom. The molecular weight excluding hydrogens is 184 g/mol. The highest BCUT2D eigenvalue weighted by Crippen LogP contribution is 2.25. The van der Waals surface area contributed by atoms with E-state index < -0.39 is 0 Å². The van der Waals surface area contributed by atoms with E-state index in [0.717, 1.165) is 17.4 Å². The highest BCUT2D eigenvalue weighted by molar-refractivity contribution is 6.31. The average molecular weight is 197 g/mol. The summed E-state index contributed by atoms with van der Waals surface area (Å²) in [5.74, 6) is 0.400. The van der Waals surface area contributed by atoms with Gasteiger partial charge in [0.15, 0.2) is 0 Å². The summed E-state index contributed by atoms with van der Waals surface area (Å²) in [6, 6.07) is 3.63. The van der Waals surface area contributed by atoms with Gasteiger partial charge >= 0.3 is 0 Å². The Kier molecular flexibility index (Phi) is 3.10. The van der Waals surface area contributed by atoms with Gasteiger partial charge in [-0.3, -0.25) is 4.79 Å². The van der Waals surface area contributed by atoms with Crippen molar-refractivity contribution < 1.29 is 4.79 Å². The lowest BCUT2D eigenvalue weighted by molar-refractivity contribution is 0.112. The number of rotatable bonds is 2. The summed E-state index contributed by atoms with van der Waals surface area (Å²) in [4.78, 5) is 10.7. The topological polar surface area (TPSA) is 17.1 Å². The molecule has 0 unspecified atom stereocenters. The number of carbonyl (C=O) groups excluding carboxylic acids is 1. The largest absolute Gasteiger partial charge is 0.298 e. The van der Waals surface area contributed by atoms with Crippen LogP contribution in [0.15, 0.2) is 12.1 Å². The van der Waals surface area contributed by atoms with Gasteiger partial charge in [0.25, 0.3) is 0 Å². The minimum Gasteiger partial charge on any atom is -0.298 e. The lowest BCUT2D eigenvalue weighted by atomic mass is 9.95. The van der Waals surface area contributed by atoms with E-state index in [1.807, 2.05) is 13.0 Å². The van der Waals surface area contributed by atoms with E-state index in [4.69, 9.17) is 11.6 Å². The maximum atomic E-state index is 10.7. The third-order valence-electron chi connectivity index (χ3n) is 2.20. The van der Waals surface area contributed by atoms with Crippen LogP contribution in [0, 0.1) is 6.92 Å². The fourth-order valence-electron chi connectivity index (χ4n) is 1.44. The summed E-state index contributed by atoms with van der Waals surface area (Å²) in [5, 5.41) is 0.636. The normalized spacial score (nSPS) is 10.5. The molecule has 0 radical (unpaired) electrons. The Hall–Kier alpha value is -0.820. The molecule has 1 aromatic carbocycles. The highest BCUT2D eigenvalue weighted by atomic mass is 35.5. The standard InChI is InChI=1S/C11H13ClO/c1-7(2)11-5-10(12)4-9(6-13)8(11)3/h4-7H,1-3H3. The maximum absolute atomic E-state index is 10.7. The van der Waals surface area contributed by atoms with Crippen LogP contribution in [0.3, 0.4) is 0 Å². The summed E-state index contributed by atoms with van der Waals surface area (Å²) < 4.78 is 0. The van der Waals surface area contributed by atoms with Gasteiger partial charge in [-0.1, -0.05) is 25.4 Å². The number of hydrogen-bond donors (Lipinski definition) is 0. The fraction of sp³-hybridized carbons (Fsp3) is 0.364. The highest BCUT2D eigenvalue weighted by Gasteiger charge is 2.08. The first-order chi connectivity index (χ1) is 6.06. The Morgan fingerprint density at radius 1 is 1.38 bits per heavy atom. The van der Waals surface area contributed by atoms with Crippen LogP contribution >= 0.6 is 11.6 Å². The molecular formula is C11H13ClO. The van der Waals surface area contributed by atoms with Crippen LogP contribution in [0.25, 0.3) is 0 Å². The van der Waals surface area contributed by atoms with E-state index in [1.54, 1.807) is 6.07 Å². The second kappa shape index (κ2) is 3.93. The second-order valence-corrected chi connectivity index (χ2v) is 3.92. The third-order valence-corrected chi connectivity index (χ3v) is 2.42. The smallest absolute Gasteiger partial charge is 0.150 e. The molecule has 0 amide bonds. The Morgan fingerprint density at radius 3 is 2.46 bits per heavy atom. The molecule has 0 aliphatic carbocycles. The second-order valence-electron chi connectivity index (χ2n) is 3.48. The van der Waals surface area contributed by atoms with Crippen molar-refractivity contribution in [2.45, 2.75) is 26.7 Å². The number of hydrogen-bond acceptors (Lipinski definition) is 1. The Labute approximate surface area is 83.7 Å². The third kappa shape index (κ3) is 2.10. The van der Waals surface area contributed by atoms with E-state index in [2.05, 4.69) is 13.8 Å². The molecule has 0 aliphatic heterocycles. The van der Waals surface area contributed by atoms with Crippen LogP contribution in [0.2, 0.25) is 5.02 Å². The predicted molar refractivity (Wildman–Crippen MR) is 55.7 cm³/mol. The maximum Gasteiger partial charge on any atom is 0.150 e. The monoisotopic (exact) mass is 196 g/mol. The van der Waals surface area contributed by atoms with Crippen LogP contribution in [0.5, 0.6) is 0 Å². The molecule has 0 atom stereocenters. The Balaban J connectivity index is 3.35. The number of benzene rings is 1. The van der Waals surface area contributed by atoms with Gasteiger partial charge in [-0.2, -0.15) is 0 Å². The van der Waals surface area contributed by atoms with E-state index in [0.29, 0.717) is 16.5 Å². The molecule has 0 N–H and O–H groups in total. The van der Waals surface area contributed by atoms with Crippen molar-refractivity contribution in [2.24, 2.45) is 0 Å². The molecule has 0 fully saturated rings. The first kappa shape index (κ1) is 10.3. The number of halogens is 1. The molecule has 1 rings (SSSR count). The summed E-state index contributed by atoms with van der Waals surface area (Å²) in [7, 11) is 0. The summed E-state index contributed by atoms with van der Waals surface area (Å²) in [6.45, 7) is 6.13. The minimum atomic E-state index is 0.400. The van der Waals surface area contributed by atoms with Crippen molar-refractivity contribution in [1.29, 1.82) is 0 Å². The zero-order valence-electron chi connectivity index (χ0n) is 8.10. The van der Waals surface area contributed by atoms with Gasteiger partial charge in [0.05, 0.1) is 0 Å². The molecule has 0 aliphatic rings. The van der Waals surface area contributed by atoms with Crippen LogP contribution in [0.1, 0.15) is 41.3 Å². The fourth-order valence-corrected chi connectivity index (χ4v) is 1.68. The van der Waals surface area contributed by atoms with Crippen molar-refractivity contribution in [2.75, 3.05) is 0 Å². The van der Waals surface area contributed by atoms with Crippen LogP contribution in [-0.2, 0) is 0 Å². The number of carbonyl (C=O) groups is 1. The zero-order chi connectivity index (χ0) is 10.0. The predicted octanol–water partition coefficient (Wildman–Crippen LogP) is 3.58. The quantitative estimate of drug-likeness (QED) is 0.661. The molecule has 13 heavy (non-hydrogen) atoms. The van der Waals surface area contributed by atoms with Gasteiger partial charge in [-0.25, -0.2) is 0 Å². The lowest BCUT2D eigenvalue weighted by Gasteiger charge is -2.11. The zero-order valence-corrected chi connectivity index (χ0v) is 8.85. The van der Waals surface area contributed by atoms with Crippen LogP contribution < -0.4 is 0 Å². The molecule has 1 nitrogen and oxygen atoms in total. The molecule has 0 heterocycles. The molecule has 1 aromatic rings. The van der Waals surface area contributed by atoms with Gasteiger partial charge in [0, 0.05) is 10.6 Å². The lowest BCUT2D eigenvalue weighted by Crippen LogP contribution is -1.96. The first-order valence-electron chi connectivity index (χ1n) is 4.31. The van der Waals surface area contributed by atoms with E-state index in [-0.39, 0.29) is 0 Å². The molecule has 0 bridgehead atoms. The average Bonchev–Trinajstić information content (AvgIpc) is 2.08. The molecule has 0 aromatic heterocycles. The molecule has 70 valence electrons. The SMILES string of the molecule is Cc1c(C=O)cc(Cl)cc1C(C)C. The summed E-state index contributed by atoms with van der Waals surface area (Å²) in [6.07, 6.45) is 0.854. The van der Waals surface area contributed by atoms with Crippen LogP contribution in [0.4, 0.5) is 0 Å². The first-order valence-corrected chi connectivity index (χ1v) is 4.69. The van der Waals surface area contributed by atoms with E-state index in [9.17, 15) is 4.79 Å². The van der Waals surface area contributed by atoms with Crippen molar-refractivity contribution in [3.05, 3.63) is 33.8 Å². The van der Waals surface area contributed by atoms with Crippen molar-refractivity contribution >= 4 is 17.9 Å². The van der Waals surface area contributed by atoms with Crippen molar-refractivity contribution in [3.63, 3.8) is 0 Å². The summed E-state index contributed by atoms with van der Waals surface area (Å²) in [5.41, 5.74) is 2.88. The van der Waals surface area contributed by atoms with Crippen molar-refractivity contribution in [1.82, 2.24) is 0 Å².